The largest absolute Gasteiger partial charge is 0.316 e. The molecule has 1 aliphatic heterocycles. The molecular formula is C12H19N. The predicted molar refractivity (Wildman–Crippen MR) is 56.6 cm³/mol. The monoisotopic (exact) mass is 177 g/mol. The van der Waals surface area contributed by atoms with Crippen LogP contribution in [0, 0.1) is 11.8 Å². The predicted octanol–water partition coefficient (Wildman–Crippen LogP) is 2.51. The zero-order valence-electron chi connectivity index (χ0n) is 8.47. The second kappa shape index (κ2) is 3.67. The molecule has 2 atom stereocenters. The quantitative estimate of drug-likeness (QED) is 0.649. The van der Waals surface area contributed by atoms with Gasteiger partial charge in [-0.1, -0.05) is 23.8 Å². The molecule has 0 radical (unpaired) electrons. The van der Waals surface area contributed by atoms with Crippen molar-refractivity contribution in [2.75, 3.05) is 13.1 Å². The Kier molecular flexibility index (Phi) is 2.54. The molecule has 2 rings (SSSR count). The van der Waals surface area contributed by atoms with Gasteiger partial charge in [-0.15, -0.1) is 0 Å². The Morgan fingerprint density at radius 3 is 3.00 bits per heavy atom. The van der Waals surface area contributed by atoms with Gasteiger partial charge in [0.2, 0.25) is 0 Å². The van der Waals surface area contributed by atoms with Crippen LogP contribution in [-0.2, 0) is 0 Å². The van der Waals surface area contributed by atoms with Gasteiger partial charge in [0.15, 0.2) is 0 Å². The molecule has 0 bridgehead atoms. The second-order valence-electron chi connectivity index (χ2n) is 4.57. The lowest BCUT2D eigenvalue weighted by atomic mass is 9.78. The van der Waals surface area contributed by atoms with E-state index in [4.69, 9.17) is 0 Å². The van der Waals surface area contributed by atoms with Crippen LogP contribution in [0.5, 0.6) is 0 Å². The minimum Gasteiger partial charge on any atom is -0.316 e. The Hall–Kier alpha value is -0.560. The Morgan fingerprint density at radius 1 is 1.46 bits per heavy atom. The maximum absolute atomic E-state index is 3.94. The van der Waals surface area contributed by atoms with E-state index in [0.717, 1.165) is 11.8 Å². The van der Waals surface area contributed by atoms with Crippen LogP contribution in [-0.4, -0.2) is 13.1 Å². The summed E-state index contributed by atoms with van der Waals surface area (Å²) in [5.74, 6) is 1.88. The summed E-state index contributed by atoms with van der Waals surface area (Å²) >= 11 is 0. The van der Waals surface area contributed by atoms with Gasteiger partial charge in [0.1, 0.15) is 0 Å². The van der Waals surface area contributed by atoms with Gasteiger partial charge in [-0.05, 0) is 51.1 Å². The fourth-order valence-corrected chi connectivity index (χ4v) is 2.65. The highest BCUT2D eigenvalue weighted by atomic mass is 14.9. The number of hydrogen-bond donors (Lipinski definition) is 1. The summed E-state index contributed by atoms with van der Waals surface area (Å²) in [4.78, 5) is 0. The molecule has 1 N–H and O–H groups in total. The first kappa shape index (κ1) is 9.01. The molecule has 0 aromatic carbocycles. The maximum Gasteiger partial charge on any atom is -0.00142 e. The van der Waals surface area contributed by atoms with Crippen molar-refractivity contribution in [2.45, 2.75) is 26.2 Å². The van der Waals surface area contributed by atoms with E-state index in [2.05, 4.69) is 24.9 Å². The number of allylic oxidation sites excluding steroid dienone is 3. The highest BCUT2D eigenvalue weighted by Gasteiger charge is 2.30. The van der Waals surface area contributed by atoms with E-state index in [-0.39, 0.29) is 0 Å². The van der Waals surface area contributed by atoms with Crippen molar-refractivity contribution in [2.24, 2.45) is 11.8 Å². The molecule has 1 heteroatoms. The van der Waals surface area contributed by atoms with Crippen LogP contribution >= 0.6 is 0 Å². The van der Waals surface area contributed by atoms with Crippen LogP contribution in [0.25, 0.3) is 0 Å². The first-order valence-electron chi connectivity index (χ1n) is 5.31. The Morgan fingerprint density at radius 2 is 2.23 bits per heavy atom. The summed E-state index contributed by atoms with van der Waals surface area (Å²) in [7, 11) is 0. The molecule has 2 aliphatic rings. The summed E-state index contributed by atoms with van der Waals surface area (Å²) in [6, 6.07) is 0. The average Bonchev–Trinajstić information content (AvgIpc) is 2.49. The van der Waals surface area contributed by atoms with Gasteiger partial charge in [0.05, 0.1) is 0 Å². The van der Waals surface area contributed by atoms with Crippen LogP contribution in [0.2, 0.25) is 0 Å². The van der Waals surface area contributed by atoms with Crippen molar-refractivity contribution in [1.29, 1.82) is 0 Å². The summed E-state index contributed by atoms with van der Waals surface area (Å²) in [6.45, 7) is 8.52. The van der Waals surface area contributed by atoms with Crippen molar-refractivity contribution >= 4 is 0 Å². The third-order valence-electron chi connectivity index (χ3n) is 3.29. The third kappa shape index (κ3) is 2.02. The normalized spacial score (nSPS) is 36.2. The molecule has 1 saturated carbocycles. The topological polar surface area (TPSA) is 12.0 Å². The molecule has 0 aromatic heterocycles. The van der Waals surface area contributed by atoms with Crippen LogP contribution in [0.15, 0.2) is 23.8 Å². The highest BCUT2D eigenvalue weighted by molar-refractivity contribution is 5.21. The number of hydrogen-bond acceptors (Lipinski definition) is 1. The van der Waals surface area contributed by atoms with Crippen molar-refractivity contribution in [3.05, 3.63) is 23.8 Å². The molecule has 2 unspecified atom stereocenters. The van der Waals surface area contributed by atoms with Gasteiger partial charge < -0.3 is 5.32 Å². The minimum absolute atomic E-state index is 0.916. The van der Waals surface area contributed by atoms with Gasteiger partial charge in [0.25, 0.3) is 0 Å². The number of rotatable bonds is 1. The summed E-state index contributed by atoms with van der Waals surface area (Å²) < 4.78 is 0. The fraction of sp³-hybridized carbons (Fsp3) is 0.667. The smallest absolute Gasteiger partial charge is 0.00142 e. The summed E-state index contributed by atoms with van der Waals surface area (Å²) in [5.41, 5.74) is 2.83. The van der Waals surface area contributed by atoms with Gasteiger partial charge in [-0.3, -0.25) is 0 Å². The maximum atomic E-state index is 3.94. The SMILES string of the molecule is C=C(C)/C=C1/CCC2CNCC2C1. The molecule has 0 amide bonds. The van der Waals surface area contributed by atoms with Crippen LogP contribution in [0.3, 0.4) is 0 Å². The van der Waals surface area contributed by atoms with Gasteiger partial charge in [-0.25, -0.2) is 0 Å². The zero-order chi connectivity index (χ0) is 9.26. The lowest BCUT2D eigenvalue weighted by molar-refractivity contribution is 0.349. The molecule has 2 fully saturated rings. The Labute approximate surface area is 80.9 Å². The van der Waals surface area contributed by atoms with Gasteiger partial charge in [0, 0.05) is 0 Å². The molecule has 72 valence electrons. The van der Waals surface area contributed by atoms with Gasteiger partial charge >= 0.3 is 0 Å². The number of nitrogens with one attached hydrogen (secondary N) is 1. The van der Waals surface area contributed by atoms with E-state index in [0.29, 0.717) is 0 Å². The van der Waals surface area contributed by atoms with E-state index in [1.54, 1.807) is 5.57 Å². The molecule has 1 heterocycles. The standard InChI is InChI=1S/C12H19N/c1-9(2)5-10-3-4-11-7-13-8-12(11)6-10/h5,11-13H,1,3-4,6-8H2,2H3/b10-5-. The summed E-state index contributed by atoms with van der Waals surface area (Å²) in [5, 5.41) is 3.49. The molecule has 0 spiro atoms. The summed E-state index contributed by atoms with van der Waals surface area (Å²) in [6.07, 6.45) is 6.28. The molecular weight excluding hydrogens is 158 g/mol. The Balaban J connectivity index is 2.00. The van der Waals surface area contributed by atoms with Crippen LogP contribution in [0.4, 0.5) is 0 Å². The Bertz CT molecular complexity index is 240. The number of fused-ring (bicyclic) bond motifs is 1. The highest BCUT2D eigenvalue weighted by Crippen LogP contribution is 2.35. The van der Waals surface area contributed by atoms with Crippen LogP contribution in [0.1, 0.15) is 26.2 Å². The fourth-order valence-electron chi connectivity index (χ4n) is 2.65. The average molecular weight is 177 g/mol. The second-order valence-corrected chi connectivity index (χ2v) is 4.57. The van der Waals surface area contributed by atoms with E-state index in [9.17, 15) is 0 Å². The first-order chi connectivity index (χ1) is 6.25. The van der Waals surface area contributed by atoms with E-state index in [1.807, 2.05) is 0 Å². The van der Waals surface area contributed by atoms with E-state index < -0.39 is 0 Å². The minimum atomic E-state index is 0.916. The molecule has 1 saturated heterocycles. The van der Waals surface area contributed by atoms with Crippen molar-refractivity contribution < 1.29 is 0 Å². The van der Waals surface area contributed by atoms with E-state index >= 15 is 0 Å². The molecule has 13 heavy (non-hydrogen) atoms. The van der Waals surface area contributed by atoms with Crippen molar-refractivity contribution in [1.82, 2.24) is 5.32 Å². The van der Waals surface area contributed by atoms with E-state index in [1.165, 1.54) is 37.9 Å². The lowest BCUT2D eigenvalue weighted by Crippen LogP contribution is -2.18. The van der Waals surface area contributed by atoms with Crippen molar-refractivity contribution in [3.63, 3.8) is 0 Å². The third-order valence-corrected chi connectivity index (χ3v) is 3.29. The van der Waals surface area contributed by atoms with Crippen LogP contribution < -0.4 is 5.32 Å². The zero-order valence-corrected chi connectivity index (χ0v) is 8.47. The molecule has 1 aliphatic carbocycles. The van der Waals surface area contributed by atoms with Gasteiger partial charge in [-0.2, -0.15) is 0 Å². The molecule has 0 aromatic rings. The molecule has 1 nitrogen and oxygen atoms in total. The first-order valence-corrected chi connectivity index (χ1v) is 5.31. The van der Waals surface area contributed by atoms with Crippen molar-refractivity contribution in [3.8, 4) is 0 Å². The lowest BCUT2D eigenvalue weighted by Gasteiger charge is -2.26.